The first-order valence-corrected chi connectivity index (χ1v) is 8.68. The zero-order valence-corrected chi connectivity index (χ0v) is 15.1. The Morgan fingerprint density at radius 1 is 1.30 bits per heavy atom. The van der Waals surface area contributed by atoms with Crippen LogP contribution >= 0.6 is 11.6 Å². The Labute approximate surface area is 144 Å². The minimum atomic E-state index is -0.313. The lowest BCUT2D eigenvalue weighted by molar-refractivity contribution is 0.178. The van der Waals surface area contributed by atoms with Crippen LogP contribution in [-0.4, -0.2) is 30.1 Å². The van der Waals surface area contributed by atoms with Crippen LogP contribution in [0.2, 0.25) is 5.02 Å². The Morgan fingerprint density at radius 3 is 2.35 bits per heavy atom. The van der Waals surface area contributed by atoms with Gasteiger partial charge in [0.15, 0.2) is 0 Å². The van der Waals surface area contributed by atoms with Gasteiger partial charge in [-0.05, 0) is 42.4 Å². The van der Waals surface area contributed by atoms with E-state index in [0.29, 0.717) is 6.04 Å². The van der Waals surface area contributed by atoms with Crippen LogP contribution in [0.25, 0.3) is 0 Å². The summed E-state index contributed by atoms with van der Waals surface area (Å²) in [6.45, 7) is 8.24. The molecule has 0 bridgehead atoms. The Hall–Kier alpha value is -1.26. The number of carbonyl (C=O) groups excluding carboxylic acids is 1. The number of rotatable bonds is 4. The zero-order valence-electron chi connectivity index (χ0n) is 14.3. The van der Waals surface area contributed by atoms with E-state index < -0.39 is 0 Å². The molecule has 2 rings (SSSR count). The van der Waals surface area contributed by atoms with E-state index in [1.807, 2.05) is 12.1 Å². The van der Waals surface area contributed by atoms with E-state index >= 15 is 0 Å². The number of primary amides is 1. The van der Waals surface area contributed by atoms with Gasteiger partial charge < -0.3 is 16.0 Å². The molecule has 0 spiro atoms. The molecular weight excluding hydrogens is 310 g/mol. The van der Waals surface area contributed by atoms with Crippen LogP contribution in [0.15, 0.2) is 24.3 Å². The molecule has 1 atom stereocenters. The molecule has 1 aromatic carbocycles. The Balaban J connectivity index is 2.03. The first-order chi connectivity index (χ1) is 10.7. The van der Waals surface area contributed by atoms with Crippen LogP contribution in [0.3, 0.4) is 0 Å². The van der Waals surface area contributed by atoms with Crippen LogP contribution in [0.4, 0.5) is 4.79 Å². The molecule has 5 heteroatoms. The van der Waals surface area contributed by atoms with Crippen LogP contribution < -0.4 is 11.1 Å². The molecule has 1 aromatic rings. The van der Waals surface area contributed by atoms with E-state index in [0.717, 1.165) is 37.4 Å². The third-order valence-electron chi connectivity index (χ3n) is 4.33. The number of likely N-dealkylation sites (tertiary alicyclic amines) is 1. The average molecular weight is 338 g/mol. The number of nitrogens with two attached hydrogens (primary N) is 1. The molecule has 23 heavy (non-hydrogen) atoms. The fourth-order valence-electron chi connectivity index (χ4n) is 3.13. The number of halogens is 1. The van der Waals surface area contributed by atoms with Gasteiger partial charge in [0.05, 0.1) is 0 Å². The van der Waals surface area contributed by atoms with Crippen molar-refractivity contribution in [1.29, 1.82) is 0 Å². The Kier molecular flexibility index (Phi) is 5.93. The number of nitrogens with one attached hydrogen (secondary N) is 1. The van der Waals surface area contributed by atoms with Crippen molar-refractivity contribution in [3.8, 4) is 0 Å². The molecule has 4 nitrogen and oxygen atoms in total. The van der Waals surface area contributed by atoms with Gasteiger partial charge in [-0.15, -0.1) is 0 Å². The molecule has 1 fully saturated rings. The van der Waals surface area contributed by atoms with Crippen LogP contribution in [0, 0.1) is 5.41 Å². The van der Waals surface area contributed by atoms with Gasteiger partial charge in [0, 0.05) is 30.2 Å². The van der Waals surface area contributed by atoms with Gasteiger partial charge in [0.2, 0.25) is 0 Å². The van der Waals surface area contributed by atoms with Crippen LogP contribution in [0.5, 0.6) is 0 Å². The summed E-state index contributed by atoms with van der Waals surface area (Å²) in [6.07, 6.45) is 2.93. The highest BCUT2D eigenvalue weighted by molar-refractivity contribution is 6.30. The number of piperidine rings is 1. The molecule has 1 aliphatic rings. The summed E-state index contributed by atoms with van der Waals surface area (Å²) in [5, 5.41) is 4.55. The van der Waals surface area contributed by atoms with Crippen molar-refractivity contribution in [2.45, 2.75) is 52.1 Å². The predicted molar refractivity (Wildman–Crippen MR) is 95.6 cm³/mol. The van der Waals surface area contributed by atoms with Gasteiger partial charge in [-0.3, -0.25) is 0 Å². The average Bonchev–Trinajstić information content (AvgIpc) is 2.46. The van der Waals surface area contributed by atoms with Crippen LogP contribution in [0.1, 0.15) is 51.6 Å². The van der Waals surface area contributed by atoms with Gasteiger partial charge in [-0.1, -0.05) is 44.5 Å². The molecule has 128 valence electrons. The SMILES string of the molecule is CC(C)(C)C[C@H](NC1CCN(C(N)=O)CC1)c1ccc(Cl)cc1. The van der Waals surface area contributed by atoms with Gasteiger partial charge in [-0.25, -0.2) is 4.79 Å². The number of benzene rings is 1. The van der Waals surface area contributed by atoms with Crippen molar-refractivity contribution in [1.82, 2.24) is 10.2 Å². The number of amides is 2. The standard InChI is InChI=1S/C18H28ClN3O/c1-18(2,3)12-16(13-4-6-14(19)7-5-13)21-15-8-10-22(11-9-15)17(20)23/h4-7,15-16,21H,8-12H2,1-3H3,(H2,20,23)/t16-/m0/s1. The fourth-order valence-corrected chi connectivity index (χ4v) is 3.26. The van der Waals surface area contributed by atoms with E-state index in [2.05, 4.69) is 38.2 Å². The minimum absolute atomic E-state index is 0.227. The van der Waals surface area contributed by atoms with Crippen LogP contribution in [-0.2, 0) is 0 Å². The van der Waals surface area contributed by atoms with E-state index in [9.17, 15) is 4.79 Å². The molecule has 0 aliphatic carbocycles. The summed E-state index contributed by atoms with van der Waals surface area (Å²) in [6, 6.07) is 8.49. The fraction of sp³-hybridized carbons (Fsp3) is 0.611. The maximum absolute atomic E-state index is 11.2. The van der Waals surface area contributed by atoms with Gasteiger partial charge in [0.1, 0.15) is 0 Å². The monoisotopic (exact) mass is 337 g/mol. The molecule has 2 amide bonds. The maximum atomic E-state index is 11.2. The summed E-state index contributed by atoms with van der Waals surface area (Å²) in [5.41, 5.74) is 6.85. The van der Waals surface area contributed by atoms with Crippen molar-refractivity contribution in [2.24, 2.45) is 11.1 Å². The summed E-state index contributed by atoms with van der Waals surface area (Å²) >= 11 is 6.02. The second-order valence-corrected chi connectivity index (χ2v) is 8.07. The summed E-state index contributed by atoms with van der Waals surface area (Å²) < 4.78 is 0. The van der Waals surface area contributed by atoms with Crippen molar-refractivity contribution in [2.75, 3.05) is 13.1 Å². The van der Waals surface area contributed by atoms with Crippen molar-refractivity contribution in [3.05, 3.63) is 34.9 Å². The highest BCUT2D eigenvalue weighted by Crippen LogP contribution is 2.31. The molecule has 0 radical (unpaired) electrons. The predicted octanol–water partition coefficient (Wildman–Crippen LogP) is 3.95. The quantitative estimate of drug-likeness (QED) is 0.874. The molecule has 1 heterocycles. The second kappa shape index (κ2) is 7.54. The summed E-state index contributed by atoms with van der Waals surface area (Å²) in [7, 11) is 0. The van der Waals surface area contributed by atoms with Crippen molar-refractivity contribution < 1.29 is 4.79 Å². The lowest BCUT2D eigenvalue weighted by Gasteiger charge is -2.35. The molecule has 3 N–H and O–H groups in total. The highest BCUT2D eigenvalue weighted by atomic mass is 35.5. The van der Waals surface area contributed by atoms with E-state index in [1.165, 1.54) is 5.56 Å². The number of hydrogen-bond donors (Lipinski definition) is 2. The lowest BCUT2D eigenvalue weighted by Crippen LogP contribution is -2.47. The number of nitrogens with zero attached hydrogens (tertiary/aromatic N) is 1. The Bertz CT molecular complexity index is 516. The summed E-state index contributed by atoms with van der Waals surface area (Å²) in [4.78, 5) is 13.0. The Morgan fingerprint density at radius 2 is 1.87 bits per heavy atom. The third kappa shape index (κ3) is 5.70. The van der Waals surface area contributed by atoms with Gasteiger partial charge in [-0.2, -0.15) is 0 Å². The third-order valence-corrected chi connectivity index (χ3v) is 4.58. The maximum Gasteiger partial charge on any atom is 0.314 e. The first-order valence-electron chi connectivity index (χ1n) is 8.30. The molecule has 1 saturated heterocycles. The first kappa shape index (κ1) is 18.1. The number of hydrogen-bond acceptors (Lipinski definition) is 2. The topological polar surface area (TPSA) is 58.4 Å². The second-order valence-electron chi connectivity index (χ2n) is 7.64. The largest absolute Gasteiger partial charge is 0.351 e. The molecular formula is C18H28ClN3O. The highest BCUT2D eigenvalue weighted by Gasteiger charge is 2.26. The van der Waals surface area contributed by atoms with Gasteiger partial charge >= 0.3 is 6.03 Å². The zero-order chi connectivity index (χ0) is 17.0. The molecule has 0 saturated carbocycles. The van der Waals surface area contributed by atoms with Crippen molar-refractivity contribution >= 4 is 17.6 Å². The molecule has 0 unspecified atom stereocenters. The normalized spacial score (nSPS) is 18.0. The summed E-state index contributed by atoms with van der Waals surface area (Å²) in [5.74, 6) is 0. The number of urea groups is 1. The molecule has 0 aromatic heterocycles. The van der Waals surface area contributed by atoms with E-state index in [-0.39, 0.29) is 17.5 Å². The van der Waals surface area contributed by atoms with E-state index in [4.69, 9.17) is 17.3 Å². The van der Waals surface area contributed by atoms with Gasteiger partial charge in [0.25, 0.3) is 0 Å². The minimum Gasteiger partial charge on any atom is -0.351 e. The smallest absolute Gasteiger partial charge is 0.314 e. The molecule has 1 aliphatic heterocycles. The number of carbonyl (C=O) groups is 1. The lowest BCUT2D eigenvalue weighted by atomic mass is 9.84. The van der Waals surface area contributed by atoms with Crippen molar-refractivity contribution in [3.63, 3.8) is 0 Å². The van der Waals surface area contributed by atoms with E-state index in [1.54, 1.807) is 4.90 Å².